The Morgan fingerprint density at radius 2 is 1.94 bits per heavy atom. The molecule has 0 aromatic heterocycles. The third-order valence-corrected chi connectivity index (χ3v) is 4.10. The van der Waals surface area contributed by atoms with Crippen LogP contribution < -0.4 is 5.73 Å². The van der Waals surface area contributed by atoms with E-state index in [2.05, 4.69) is 25.8 Å². The second-order valence-electron chi connectivity index (χ2n) is 6.11. The van der Waals surface area contributed by atoms with Crippen LogP contribution in [0.15, 0.2) is 0 Å². The molecule has 2 atom stereocenters. The Hall–Kier alpha value is -0.610. The molecule has 4 nitrogen and oxygen atoms in total. The molecule has 0 aromatic rings. The normalized spacial score (nSPS) is 22.9. The molecular weight excluding hydrogens is 226 g/mol. The Morgan fingerprint density at radius 3 is 2.44 bits per heavy atom. The molecule has 0 spiro atoms. The van der Waals surface area contributed by atoms with Crippen LogP contribution >= 0.6 is 0 Å². The molecule has 1 heterocycles. The molecule has 1 rings (SSSR count). The summed E-state index contributed by atoms with van der Waals surface area (Å²) in [5, 5.41) is 0. The van der Waals surface area contributed by atoms with Gasteiger partial charge in [0.05, 0.1) is 6.04 Å². The molecule has 1 fully saturated rings. The van der Waals surface area contributed by atoms with E-state index < -0.39 is 0 Å². The summed E-state index contributed by atoms with van der Waals surface area (Å²) >= 11 is 0. The van der Waals surface area contributed by atoms with Crippen LogP contribution in [0.2, 0.25) is 0 Å². The van der Waals surface area contributed by atoms with Crippen LogP contribution in [0.3, 0.4) is 0 Å². The molecule has 0 bridgehead atoms. The summed E-state index contributed by atoms with van der Waals surface area (Å²) in [6, 6.07) is 0.638. The van der Waals surface area contributed by atoms with Crippen molar-refractivity contribution in [1.29, 1.82) is 0 Å². The summed E-state index contributed by atoms with van der Waals surface area (Å²) in [5.41, 5.74) is 5.97. The second-order valence-corrected chi connectivity index (χ2v) is 6.11. The Morgan fingerprint density at radius 1 is 1.33 bits per heavy atom. The lowest BCUT2D eigenvalue weighted by Crippen LogP contribution is -2.54. The van der Waals surface area contributed by atoms with Gasteiger partial charge in [0, 0.05) is 25.2 Å². The van der Waals surface area contributed by atoms with Gasteiger partial charge in [0.25, 0.3) is 0 Å². The number of carbonyl (C=O) groups is 1. The van der Waals surface area contributed by atoms with E-state index >= 15 is 0 Å². The standard InChI is InChI=1S/C14H29N3O/c1-10(2)13(15)14(18)17-8-6-7-12(9-17)16(5)11(3)4/h10-13H,6-9,15H2,1-5H3. The van der Waals surface area contributed by atoms with E-state index in [4.69, 9.17) is 5.73 Å². The van der Waals surface area contributed by atoms with Crippen LogP contribution in [0, 0.1) is 5.92 Å². The monoisotopic (exact) mass is 255 g/mol. The summed E-state index contributed by atoms with van der Waals surface area (Å²) in [6.45, 7) is 10.1. The third kappa shape index (κ3) is 3.69. The maximum atomic E-state index is 12.3. The van der Waals surface area contributed by atoms with Crippen molar-refractivity contribution in [1.82, 2.24) is 9.80 Å². The fraction of sp³-hybridized carbons (Fsp3) is 0.929. The molecule has 1 aliphatic rings. The SMILES string of the molecule is CC(C)C(N)C(=O)N1CCCC(N(C)C(C)C)C1. The summed E-state index contributed by atoms with van der Waals surface area (Å²) in [6.07, 6.45) is 2.26. The maximum absolute atomic E-state index is 12.3. The molecule has 106 valence electrons. The van der Waals surface area contributed by atoms with Crippen LogP contribution in [0.4, 0.5) is 0 Å². The van der Waals surface area contributed by atoms with Crippen molar-refractivity contribution in [2.24, 2.45) is 11.7 Å². The van der Waals surface area contributed by atoms with Crippen LogP contribution in [0.1, 0.15) is 40.5 Å². The fourth-order valence-corrected chi connectivity index (χ4v) is 2.40. The van der Waals surface area contributed by atoms with Crippen molar-refractivity contribution < 1.29 is 4.79 Å². The lowest BCUT2D eigenvalue weighted by atomic mass is 9.99. The molecular formula is C14H29N3O. The van der Waals surface area contributed by atoms with E-state index in [0.717, 1.165) is 19.5 Å². The summed E-state index contributed by atoms with van der Waals surface area (Å²) in [5.74, 6) is 0.326. The first kappa shape index (κ1) is 15.4. The molecule has 2 N–H and O–H groups in total. The number of likely N-dealkylation sites (N-methyl/N-ethyl adjacent to an activating group) is 1. The van der Waals surface area contributed by atoms with Crippen LogP contribution in [-0.2, 0) is 4.79 Å². The van der Waals surface area contributed by atoms with Crippen LogP contribution in [-0.4, -0.2) is 54.0 Å². The number of amides is 1. The van der Waals surface area contributed by atoms with E-state index in [-0.39, 0.29) is 17.9 Å². The highest BCUT2D eigenvalue weighted by Crippen LogP contribution is 2.18. The predicted octanol–water partition coefficient (Wildman–Crippen LogP) is 1.30. The second kappa shape index (κ2) is 6.53. The lowest BCUT2D eigenvalue weighted by molar-refractivity contribution is -0.135. The van der Waals surface area contributed by atoms with Crippen molar-refractivity contribution in [2.75, 3.05) is 20.1 Å². The van der Waals surface area contributed by atoms with Crippen molar-refractivity contribution in [3.63, 3.8) is 0 Å². The highest BCUT2D eigenvalue weighted by Gasteiger charge is 2.30. The zero-order valence-corrected chi connectivity index (χ0v) is 12.5. The summed E-state index contributed by atoms with van der Waals surface area (Å²) < 4.78 is 0. The number of carbonyl (C=O) groups excluding carboxylic acids is 1. The molecule has 0 aromatic carbocycles. The summed E-state index contributed by atoms with van der Waals surface area (Å²) in [4.78, 5) is 16.6. The first-order chi connectivity index (χ1) is 8.34. The van der Waals surface area contributed by atoms with E-state index in [0.29, 0.717) is 12.1 Å². The van der Waals surface area contributed by atoms with Gasteiger partial charge in [0.2, 0.25) is 5.91 Å². The van der Waals surface area contributed by atoms with Crippen molar-refractivity contribution in [3.05, 3.63) is 0 Å². The highest BCUT2D eigenvalue weighted by molar-refractivity contribution is 5.82. The zero-order chi connectivity index (χ0) is 13.9. The van der Waals surface area contributed by atoms with Gasteiger partial charge in [0.15, 0.2) is 0 Å². The minimum absolute atomic E-state index is 0.117. The van der Waals surface area contributed by atoms with E-state index in [1.807, 2.05) is 18.7 Å². The maximum Gasteiger partial charge on any atom is 0.239 e. The Balaban J connectivity index is 2.61. The molecule has 4 heteroatoms. The molecule has 0 radical (unpaired) electrons. The average Bonchev–Trinajstić information content (AvgIpc) is 2.35. The van der Waals surface area contributed by atoms with Gasteiger partial charge >= 0.3 is 0 Å². The lowest BCUT2D eigenvalue weighted by Gasteiger charge is -2.40. The van der Waals surface area contributed by atoms with Crippen LogP contribution in [0.25, 0.3) is 0 Å². The minimum Gasteiger partial charge on any atom is -0.340 e. The van der Waals surface area contributed by atoms with Gasteiger partial charge in [-0.25, -0.2) is 0 Å². The van der Waals surface area contributed by atoms with Gasteiger partial charge < -0.3 is 10.6 Å². The molecule has 1 aliphatic heterocycles. The van der Waals surface area contributed by atoms with Gasteiger partial charge in [0.1, 0.15) is 0 Å². The van der Waals surface area contributed by atoms with Gasteiger partial charge in [-0.15, -0.1) is 0 Å². The number of piperidine rings is 1. The first-order valence-corrected chi connectivity index (χ1v) is 7.11. The third-order valence-electron chi connectivity index (χ3n) is 4.10. The van der Waals surface area contributed by atoms with E-state index in [1.54, 1.807) is 0 Å². The quantitative estimate of drug-likeness (QED) is 0.824. The Bertz CT molecular complexity index is 278. The van der Waals surface area contributed by atoms with Crippen molar-refractivity contribution in [3.8, 4) is 0 Å². The number of nitrogens with zero attached hydrogens (tertiary/aromatic N) is 2. The Kier molecular flexibility index (Phi) is 5.60. The number of nitrogens with two attached hydrogens (primary N) is 1. The molecule has 1 saturated heterocycles. The topological polar surface area (TPSA) is 49.6 Å². The number of hydrogen-bond donors (Lipinski definition) is 1. The number of rotatable bonds is 4. The van der Waals surface area contributed by atoms with Crippen molar-refractivity contribution >= 4 is 5.91 Å². The van der Waals surface area contributed by atoms with Gasteiger partial charge in [-0.3, -0.25) is 9.69 Å². The van der Waals surface area contributed by atoms with E-state index in [9.17, 15) is 4.79 Å². The predicted molar refractivity (Wildman–Crippen MR) is 75.3 cm³/mol. The van der Waals surface area contributed by atoms with Crippen molar-refractivity contribution in [2.45, 2.75) is 58.7 Å². The molecule has 0 aliphatic carbocycles. The molecule has 18 heavy (non-hydrogen) atoms. The van der Waals surface area contributed by atoms with Gasteiger partial charge in [-0.05, 0) is 39.7 Å². The van der Waals surface area contributed by atoms with Gasteiger partial charge in [-0.2, -0.15) is 0 Å². The minimum atomic E-state index is -0.354. The largest absolute Gasteiger partial charge is 0.340 e. The summed E-state index contributed by atoms with van der Waals surface area (Å²) in [7, 11) is 2.14. The number of hydrogen-bond acceptors (Lipinski definition) is 3. The first-order valence-electron chi connectivity index (χ1n) is 7.11. The fourth-order valence-electron chi connectivity index (χ4n) is 2.40. The molecule has 2 unspecified atom stereocenters. The van der Waals surface area contributed by atoms with E-state index in [1.165, 1.54) is 6.42 Å². The zero-order valence-electron chi connectivity index (χ0n) is 12.5. The highest BCUT2D eigenvalue weighted by atomic mass is 16.2. The molecule has 1 amide bonds. The Labute approximate surface area is 111 Å². The molecule has 0 saturated carbocycles. The number of likely N-dealkylation sites (tertiary alicyclic amines) is 1. The smallest absolute Gasteiger partial charge is 0.239 e. The average molecular weight is 255 g/mol. The van der Waals surface area contributed by atoms with Crippen LogP contribution in [0.5, 0.6) is 0 Å². The van der Waals surface area contributed by atoms with Gasteiger partial charge in [-0.1, -0.05) is 13.8 Å².